The zero-order chi connectivity index (χ0) is 8.43. The molecule has 4 nitrogen and oxygen atoms in total. The van der Waals surface area contributed by atoms with Crippen molar-refractivity contribution in [3.05, 3.63) is 0 Å². The highest BCUT2D eigenvalue weighted by molar-refractivity contribution is 14.1. The van der Waals surface area contributed by atoms with Crippen LogP contribution in [-0.2, 0) is 0 Å². The Morgan fingerprint density at radius 3 is 3.09 bits per heavy atom. The van der Waals surface area contributed by atoms with Crippen molar-refractivity contribution in [3.63, 3.8) is 0 Å². The van der Waals surface area contributed by atoms with Crippen molar-refractivity contribution in [1.82, 2.24) is 4.90 Å². The van der Waals surface area contributed by atoms with E-state index in [2.05, 4.69) is 27.6 Å². The lowest BCUT2D eigenvalue weighted by atomic mass is 10.3. The smallest absolute Gasteiger partial charge is 0.345 e. The molecule has 0 saturated carbocycles. The number of nitrogens with zero attached hydrogens (tertiary/aromatic N) is 2. The largest absolute Gasteiger partial charge is 0.386 e. The Balaban J connectivity index is 2.75. The molecule has 1 aliphatic rings. The number of aliphatic imine (C=N–C) groups is 1. The van der Waals surface area contributed by atoms with Crippen LogP contribution in [-0.4, -0.2) is 33.8 Å². The molecule has 0 radical (unpaired) electrons. The lowest BCUT2D eigenvalue weighted by Gasteiger charge is -2.25. The molecule has 2 amide bonds. The van der Waals surface area contributed by atoms with Crippen LogP contribution in [0.1, 0.15) is 6.92 Å². The number of hydrogen-bond donors (Lipinski definition) is 1. The van der Waals surface area contributed by atoms with Gasteiger partial charge in [-0.05, 0) is 6.92 Å². The van der Waals surface area contributed by atoms with Gasteiger partial charge in [-0.2, -0.15) is 4.99 Å². The van der Waals surface area contributed by atoms with E-state index in [0.717, 1.165) is 0 Å². The van der Waals surface area contributed by atoms with Crippen molar-refractivity contribution in [2.45, 2.75) is 10.8 Å². The first-order valence-electron chi connectivity index (χ1n) is 3.42. The summed E-state index contributed by atoms with van der Waals surface area (Å²) in [5.74, 6) is 0.445. The molecule has 1 atom stereocenters. The molecule has 0 aromatic heterocycles. The number of carbonyl (C=O) groups is 1. The number of amidine groups is 1. The molecular weight excluding hydrogens is 257 g/mol. The van der Waals surface area contributed by atoms with Crippen molar-refractivity contribution in [2.24, 2.45) is 10.7 Å². The third-order valence-electron chi connectivity index (χ3n) is 1.58. The second-order valence-corrected chi connectivity index (χ2v) is 3.83. The van der Waals surface area contributed by atoms with Gasteiger partial charge in [0, 0.05) is 13.1 Å². The number of alkyl halides is 1. The second-order valence-electron chi connectivity index (χ2n) is 2.33. The van der Waals surface area contributed by atoms with Gasteiger partial charge in [-0.1, -0.05) is 22.6 Å². The number of carbonyl (C=O) groups excluding carboxylic acids is 1. The van der Waals surface area contributed by atoms with Crippen LogP contribution < -0.4 is 5.73 Å². The van der Waals surface area contributed by atoms with Crippen LogP contribution in [0.5, 0.6) is 0 Å². The highest BCUT2D eigenvalue weighted by Crippen LogP contribution is 2.10. The fourth-order valence-electron chi connectivity index (χ4n) is 0.881. The summed E-state index contributed by atoms with van der Waals surface area (Å²) in [5.41, 5.74) is 5.48. The Morgan fingerprint density at radius 1 is 1.91 bits per heavy atom. The van der Waals surface area contributed by atoms with Crippen LogP contribution in [0.25, 0.3) is 0 Å². The van der Waals surface area contributed by atoms with E-state index in [9.17, 15) is 4.79 Å². The van der Waals surface area contributed by atoms with Crippen LogP contribution in [0.3, 0.4) is 0 Å². The molecule has 62 valence electrons. The quantitative estimate of drug-likeness (QED) is 0.558. The second kappa shape index (κ2) is 3.38. The number of nitrogens with two attached hydrogens (primary N) is 1. The average molecular weight is 267 g/mol. The molecule has 1 heterocycles. The summed E-state index contributed by atoms with van der Waals surface area (Å²) < 4.78 is 0.172. The molecule has 2 N–H and O–H groups in total. The van der Waals surface area contributed by atoms with Gasteiger partial charge in [0.15, 0.2) is 0 Å². The maximum atomic E-state index is 11.0. The zero-order valence-electron chi connectivity index (χ0n) is 6.25. The summed E-state index contributed by atoms with van der Waals surface area (Å²) in [4.78, 5) is 16.4. The first-order valence-corrected chi connectivity index (χ1v) is 4.66. The molecule has 1 rings (SSSR count). The van der Waals surface area contributed by atoms with E-state index < -0.39 is 0 Å². The molecule has 0 spiro atoms. The Hall–Kier alpha value is -0.330. The van der Waals surface area contributed by atoms with Gasteiger partial charge in [-0.25, -0.2) is 4.79 Å². The maximum absolute atomic E-state index is 11.0. The predicted octanol–water partition coefficient (Wildman–Crippen LogP) is 0.603. The Kier molecular flexibility index (Phi) is 2.69. The number of amides is 2. The lowest BCUT2D eigenvalue weighted by molar-refractivity contribution is 0.210. The highest BCUT2D eigenvalue weighted by Gasteiger charge is 2.23. The van der Waals surface area contributed by atoms with Crippen LogP contribution in [0.4, 0.5) is 4.79 Å². The van der Waals surface area contributed by atoms with Crippen molar-refractivity contribution in [2.75, 3.05) is 13.1 Å². The van der Waals surface area contributed by atoms with Gasteiger partial charge in [0.25, 0.3) is 0 Å². The summed E-state index contributed by atoms with van der Waals surface area (Å²) in [5, 5.41) is 0. The van der Waals surface area contributed by atoms with E-state index >= 15 is 0 Å². The Bertz CT molecular complexity index is 204. The van der Waals surface area contributed by atoms with E-state index in [1.54, 1.807) is 4.90 Å². The Morgan fingerprint density at radius 2 is 2.55 bits per heavy atom. The molecule has 0 aliphatic carbocycles. The van der Waals surface area contributed by atoms with Crippen LogP contribution in [0.2, 0.25) is 0 Å². The Labute approximate surface area is 79.0 Å². The monoisotopic (exact) mass is 267 g/mol. The van der Waals surface area contributed by atoms with E-state index in [1.807, 2.05) is 6.92 Å². The predicted molar refractivity (Wildman–Crippen MR) is 52.1 cm³/mol. The number of rotatable bonds is 1. The van der Waals surface area contributed by atoms with Crippen molar-refractivity contribution < 1.29 is 4.79 Å². The minimum atomic E-state index is -0.210. The van der Waals surface area contributed by atoms with Gasteiger partial charge in [0.05, 0.1) is 3.92 Å². The minimum Gasteiger partial charge on any atom is -0.386 e. The lowest BCUT2D eigenvalue weighted by Crippen LogP contribution is -2.44. The fraction of sp³-hybridized carbons (Fsp3) is 0.667. The van der Waals surface area contributed by atoms with Crippen molar-refractivity contribution >= 4 is 34.5 Å². The summed E-state index contributed by atoms with van der Waals surface area (Å²) in [7, 11) is 0. The van der Waals surface area contributed by atoms with Crippen LogP contribution in [0.15, 0.2) is 4.99 Å². The first kappa shape index (κ1) is 8.76. The van der Waals surface area contributed by atoms with Gasteiger partial charge in [-0.3, -0.25) is 0 Å². The molecular formula is C6H10IN3O. The SMILES string of the molecule is CCN1CC(I)C(N)=NC1=O. The van der Waals surface area contributed by atoms with Gasteiger partial charge in [0.1, 0.15) is 5.84 Å². The molecule has 11 heavy (non-hydrogen) atoms. The van der Waals surface area contributed by atoms with Gasteiger partial charge < -0.3 is 10.6 Å². The standard InChI is InChI=1S/C6H10IN3O/c1-2-10-3-4(7)5(8)9-6(10)11/h4H,2-3H2,1H3,(H2,8,9,11). The van der Waals surface area contributed by atoms with Crippen molar-refractivity contribution in [1.29, 1.82) is 0 Å². The van der Waals surface area contributed by atoms with Crippen molar-refractivity contribution in [3.8, 4) is 0 Å². The summed E-state index contributed by atoms with van der Waals surface area (Å²) >= 11 is 2.18. The van der Waals surface area contributed by atoms with E-state index in [0.29, 0.717) is 18.9 Å². The molecule has 0 fully saturated rings. The zero-order valence-corrected chi connectivity index (χ0v) is 8.41. The first-order chi connectivity index (χ1) is 5.15. The number of hydrogen-bond acceptors (Lipinski definition) is 2. The van der Waals surface area contributed by atoms with Gasteiger partial charge in [-0.15, -0.1) is 0 Å². The van der Waals surface area contributed by atoms with E-state index in [-0.39, 0.29) is 9.96 Å². The molecule has 0 saturated heterocycles. The highest BCUT2D eigenvalue weighted by atomic mass is 127. The van der Waals surface area contributed by atoms with E-state index in [4.69, 9.17) is 5.73 Å². The molecule has 0 bridgehead atoms. The third kappa shape index (κ3) is 1.82. The van der Waals surface area contributed by atoms with Crippen LogP contribution in [0, 0.1) is 0 Å². The average Bonchev–Trinajstić information content (AvgIpc) is 1.97. The maximum Gasteiger partial charge on any atom is 0.345 e. The summed E-state index contributed by atoms with van der Waals surface area (Å²) in [6.45, 7) is 3.32. The summed E-state index contributed by atoms with van der Waals surface area (Å²) in [6.07, 6.45) is 0. The number of halogens is 1. The molecule has 1 unspecified atom stereocenters. The molecule has 5 heteroatoms. The number of urea groups is 1. The molecule has 0 aromatic rings. The normalized spacial score (nSPS) is 25.3. The fourth-order valence-corrected chi connectivity index (χ4v) is 1.50. The molecule has 0 aromatic carbocycles. The van der Waals surface area contributed by atoms with Gasteiger partial charge in [0.2, 0.25) is 0 Å². The minimum absolute atomic E-state index is 0.172. The third-order valence-corrected chi connectivity index (χ3v) is 2.61. The van der Waals surface area contributed by atoms with Gasteiger partial charge >= 0.3 is 6.03 Å². The topological polar surface area (TPSA) is 58.7 Å². The van der Waals surface area contributed by atoms with Crippen LogP contribution >= 0.6 is 22.6 Å². The molecule has 1 aliphatic heterocycles. The summed E-state index contributed by atoms with van der Waals surface area (Å²) in [6, 6.07) is -0.210. The van der Waals surface area contributed by atoms with E-state index in [1.165, 1.54) is 0 Å².